The number of nitrogens with zero attached hydrogens (tertiary/aromatic N) is 1. The van der Waals surface area contributed by atoms with E-state index >= 15 is 0 Å². The third kappa shape index (κ3) is 7.25. The van der Waals surface area contributed by atoms with Crippen molar-refractivity contribution in [2.24, 2.45) is 5.92 Å². The van der Waals surface area contributed by atoms with Crippen molar-refractivity contribution in [3.05, 3.63) is 70.4 Å². The fourth-order valence-corrected chi connectivity index (χ4v) is 3.32. The lowest BCUT2D eigenvalue weighted by atomic mass is 9.95. The van der Waals surface area contributed by atoms with Gasteiger partial charge in [-0.1, -0.05) is 31.5 Å². The first-order valence-corrected chi connectivity index (χ1v) is 10.4. The van der Waals surface area contributed by atoms with Crippen LogP contribution in [0.3, 0.4) is 0 Å². The minimum Gasteiger partial charge on any atom is -0.505 e. The number of aromatic nitrogens is 1. The van der Waals surface area contributed by atoms with Crippen molar-refractivity contribution in [2.45, 2.75) is 32.5 Å². The van der Waals surface area contributed by atoms with Crippen LogP contribution in [0.5, 0.6) is 5.75 Å². The third-order valence-electron chi connectivity index (χ3n) is 4.57. The van der Waals surface area contributed by atoms with E-state index < -0.39 is 29.8 Å². The standard InChI is InChI=1S/C21H19ClF2N2O2.C2HF3O2/c1-11(2)8-18(27)26-19(12-5-6-16(23)17(24)9-12)14-10-15(22)13-4-3-7-25-20(13)21(14)28;3-2(4,5)1(6)7/h3-7,9-11,19,28H,8H2,1-2H3,(H,26,27);(H,6,7). The Labute approximate surface area is 201 Å². The number of carbonyl (C=O) groups is 2. The van der Waals surface area contributed by atoms with Gasteiger partial charge >= 0.3 is 12.1 Å². The summed E-state index contributed by atoms with van der Waals surface area (Å²) < 4.78 is 59.0. The van der Waals surface area contributed by atoms with E-state index in [1.807, 2.05) is 13.8 Å². The van der Waals surface area contributed by atoms with Crippen molar-refractivity contribution in [2.75, 3.05) is 0 Å². The van der Waals surface area contributed by atoms with E-state index in [0.717, 1.165) is 12.1 Å². The van der Waals surface area contributed by atoms with Crippen molar-refractivity contribution in [3.8, 4) is 5.75 Å². The van der Waals surface area contributed by atoms with Crippen LogP contribution in [0.1, 0.15) is 37.4 Å². The van der Waals surface area contributed by atoms with E-state index in [9.17, 15) is 31.9 Å². The largest absolute Gasteiger partial charge is 0.505 e. The first-order valence-electron chi connectivity index (χ1n) is 10.0. The van der Waals surface area contributed by atoms with Gasteiger partial charge in [0.25, 0.3) is 0 Å². The highest BCUT2D eigenvalue weighted by Gasteiger charge is 2.38. The molecule has 0 saturated carbocycles. The first kappa shape index (κ1) is 27.8. The smallest absolute Gasteiger partial charge is 0.490 e. The number of benzene rings is 2. The number of phenols is 1. The molecule has 2 aromatic carbocycles. The summed E-state index contributed by atoms with van der Waals surface area (Å²) in [6, 6.07) is 7.29. The fourth-order valence-electron chi connectivity index (χ4n) is 3.05. The van der Waals surface area contributed by atoms with Gasteiger partial charge < -0.3 is 15.5 Å². The predicted octanol–water partition coefficient (Wildman–Crippen LogP) is 5.76. The summed E-state index contributed by atoms with van der Waals surface area (Å²) in [5, 5.41) is 21.6. The number of alkyl halides is 3. The van der Waals surface area contributed by atoms with Gasteiger partial charge in [-0.3, -0.25) is 9.78 Å². The molecule has 35 heavy (non-hydrogen) atoms. The Kier molecular flexibility index (Phi) is 8.97. The molecule has 188 valence electrons. The van der Waals surface area contributed by atoms with E-state index in [1.165, 1.54) is 18.3 Å². The summed E-state index contributed by atoms with van der Waals surface area (Å²) in [5.74, 6) is -5.18. The number of aromatic hydroxyl groups is 1. The summed E-state index contributed by atoms with van der Waals surface area (Å²) in [6.45, 7) is 3.78. The Balaban J connectivity index is 0.000000540. The van der Waals surface area contributed by atoms with Crippen molar-refractivity contribution < 1.29 is 41.8 Å². The second kappa shape index (κ2) is 11.3. The van der Waals surface area contributed by atoms with Crippen LogP contribution in [0.4, 0.5) is 22.0 Å². The van der Waals surface area contributed by atoms with Gasteiger partial charge in [0, 0.05) is 23.6 Å². The molecule has 1 atom stereocenters. The zero-order chi connectivity index (χ0) is 26.5. The maximum absolute atomic E-state index is 13.8. The number of aliphatic carboxylic acids is 1. The molecule has 3 rings (SSSR count). The van der Waals surface area contributed by atoms with E-state index in [2.05, 4.69) is 10.3 Å². The average Bonchev–Trinajstić information content (AvgIpc) is 2.76. The lowest BCUT2D eigenvalue weighted by molar-refractivity contribution is -0.192. The van der Waals surface area contributed by atoms with Gasteiger partial charge in [0.1, 0.15) is 11.3 Å². The predicted molar refractivity (Wildman–Crippen MR) is 118 cm³/mol. The molecule has 1 heterocycles. The summed E-state index contributed by atoms with van der Waals surface area (Å²) in [4.78, 5) is 25.5. The Morgan fingerprint density at radius 2 is 1.74 bits per heavy atom. The number of carboxylic acids is 1. The normalized spacial score (nSPS) is 12.1. The summed E-state index contributed by atoms with van der Waals surface area (Å²) in [7, 11) is 0. The van der Waals surface area contributed by atoms with Crippen LogP contribution in [0.15, 0.2) is 42.6 Å². The Morgan fingerprint density at radius 1 is 1.11 bits per heavy atom. The molecule has 0 fully saturated rings. The molecule has 1 unspecified atom stereocenters. The Morgan fingerprint density at radius 3 is 2.29 bits per heavy atom. The van der Waals surface area contributed by atoms with Gasteiger partial charge in [0.15, 0.2) is 11.6 Å². The van der Waals surface area contributed by atoms with Crippen molar-refractivity contribution in [1.82, 2.24) is 10.3 Å². The Bertz CT molecular complexity index is 1230. The second-order valence-electron chi connectivity index (χ2n) is 7.77. The van der Waals surface area contributed by atoms with Crippen LogP contribution < -0.4 is 5.32 Å². The number of hydrogen-bond acceptors (Lipinski definition) is 4. The molecule has 0 spiro atoms. The number of phenolic OH excluding ortho intramolecular Hbond substituents is 1. The van der Waals surface area contributed by atoms with Gasteiger partial charge in [0.2, 0.25) is 5.91 Å². The second-order valence-corrected chi connectivity index (χ2v) is 8.18. The molecule has 0 aliphatic carbocycles. The van der Waals surface area contributed by atoms with Crippen molar-refractivity contribution >= 4 is 34.4 Å². The highest BCUT2D eigenvalue weighted by molar-refractivity contribution is 6.35. The van der Waals surface area contributed by atoms with E-state index in [1.54, 1.807) is 12.1 Å². The molecule has 3 aromatic rings. The van der Waals surface area contributed by atoms with E-state index in [0.29, 0.717) is 10.4 Å². The molecule has 3 N–H and O–H groups in total. The third-order valence-corrected chi connectivity index (χ3v) is 4.89. The molecular weight excluding hydrogens is 499 g/mol. The first-order chi connectivity index (χ1) is 16.2. The van der Waals surface area contributed by atoms with Gasteiger partial charge in [-0.2, -0.15) is 13.2 Å². The molecule has 6 nitrogen and oxygen atoms in total. The summed E-state index contributed by atoms with van der Waals surface area (Å²) >= 11 is 6.35. The van der Waals surface area contributed by atoms with Crippen LogP contribution in [-0.2, 0) is 9.59 Å². The number of hydrogen-bond donors (Lipinski definition) is 3. The molecule has 12 heteroatoms. The number of nitrogens with one attached hydrogen (secondary N) is 1. The number of rotatable bonds is 5. The number of carboxylic acid groups (broad SMARTS) is 1. The van der Waals surface area contributed by atoms with Crippen LogP contribution in [0, 0.1) is 17.6 Å². The van der Waals surface area contributed by atoms with Crippen molar-refractivity contribution in [3.63, 3.8) is 0 Å². The van der Waals surface area contributed by atoms with Gasteiger partial charge in [0.05, 0.1) is 11.1 Å². The van der Waals surface area contributed by atoms with Crippen LogP contribution in [0.2, 0.25) is 5.02 Å². The minimum atomic E-state index is -5.08. The van der Waals surface area contributed by atoms with Gasteiger partial charge in [-0.05, 0) is 41.8 Å². The van der Waals surface area contributed by atoms with Gasteiger partial charge in [-0.25, -0.2) is 13.6 Å². The summed E-state index contributed by atoms with van der Waals surface area (Å²) in [6.07, 6.45) is -3.34. The number of carbonyl (C=O) groups excluding carboxylic acids is 1. The Hall–Kier alpha value is -3.47. The monoisotopic (exact) mass is 518 g/mol. The van der Waals surface area contributed by atoms with Crippen LogP contribution in [-0.4, -0.2) is 33.2 Å². The molecular formula is C23H20ClF5N2O4. The highest BCUT2D eigenvalue weighted by Crippen LogP contribution is 2.38. The lowest BCUT2D eigenvalue weighted by Crippen LogP contribution is -2.30. The maximum Gasteiger partial charge on any atom is 0.490 e. The molecule has 0 bridgehead atoms. The molecule has 0 radical (unpaired) electrons. The quantitative estimate of drug-likeness (QED) is 0.373. The molecule has 1 aromatic heterocycles. The number of pyridine rings is 1. The molecule has 0 saturated heterocycles. The number of halogens is 6. The molecule has 0 aliphatic rings. The van der Waals surface area contributed by atoms with E-state index in [-0.39, 0.29) is 40.6 Å². The lowest BCUT2D eigenvalue weighted by Gasteiger charge is -2.22. The number of amides is 1. The topological polar surface area (TPSA) is 99.5 Å². The molecule has 0 aliphatic heterocycles. The highest BCUT2D eigenvalue weighted by atomic mass is 35.5. The molecule has 1 amide bonds. The zero-order valence-corrected chi connectivity index (χ0v) is 19.1. The average molecular weight is 519 g/mol. The minimum absolute atomic E-state index is 0.0982. The van der Waals surface area contributed by atoms with Crippen LogP contribution >= 0.6 is 11.6 Å². The fraction of sp³-hybridized carbons (Fsp3) is 0.261. The van der Waals surface area contributed by atoms with Crippen LogP contribution in [0.25, 0.3) is 10.9 Å². The number of fused-ring (bicyclic) bond motifs is 1. The van der Waals surface area contributed by atoms with E-state index in [4.69, 9.17) is 21.5 Å². The van der Waals surface area contributed by atoms with Gasteiger partial charge in [-0.15, -0.1) is 0 Å². The zero-order valence-electron chi connectivity index (χ0n) is 18.3. The SMILES string of the molecule is CC(C)CC(=O)NC(c1ccc(F)c(F)c1)c1cc(Cl)c2cccnc2c1O.O=C(O)C(F)(F)F. The maximum atomic E-state index is 13.8. The summed E-state index contributed by atoms with van der Waals surface area (Å²) in [5.41, 5.74) is 0.785. The van der Waals surface area contributed by atoms with Crippen molar-refractivity contribution in [1.29, 1.82) is 0 Å².